The van der Waals surface area contributed by atoms with Crippen molar-refractivity contribution in [2.24, 2.45) is 10.9 Å². The number of rotatable bonds is 1. The van der Waals surface area contributed by atoms with Gasteiger partial charge in [-0.2, -0.15) is 0 Å². The summed E-state index contributed by atoms with van der Waals surface area (Å²) >= 11 is 0. The highest BCUT2D eigenvalue weighted by Gasteiger charge is 2.07. The van der Waals surface area contributed by atoms with Crippen LogP contribution >= 0.6 is 0 Å². The molecule has 60 valence electrons. The summed E-state index contributed by atoms with van der Waals surface area (Å²) < 4.78 is 0. The molecule has 0 bridgehead atoms. The van der Waals surface area contributed by atoms with Gasteiger partial charge in [0.2, 0.25) is 0 Å². The summed E-state index contributed by atoms with van der Waals surface area (Å²) in [6.45, 7) is 8.51. The molecule has 0 fully saturated rings. The first-order valence-electron chi connectivity index (χ1n) is 4.05. The van der Waals surface area contributed by atoms with Crippen LogP contribution in [-0.2, 0) is 0 Å². The minimum Gasteiger partial charge on any atom is -0.253 e. The van der Waals surface area contributed by atoms with Crippen molar-refractivity contribution >= 4 is 5.71 Å². The normalized spacial score (nSPS) is 16.1. The van der Waals surface area contributed by atoms with Crippen LogP contribution < -0.4 is 0 Å². The second-order valence-corrected chi connectivity index (χ2v) is 3.41. The molecule has 0 amide bonds. The minimum absolute atomic E-state index is 0.545. The van der Waals surface area contributed by atoms with Crippen LogP contribution in [-0.4, -0.2) is 5.71 Å². The van der Waals surface area contributed by atoms with E-state index in [1.54, 1.807) is 0 Å². The van der Waals surface area contributed by atoms with Gasteiger partial charge in [-0.3, -0.25) is 4.99 Å². The predicted molar refractivity (Wildman–Crippen MR) is 49.8 cm³/mol. The average molecular weight is 149 g/mol. The molecule has 1 rings (SSSR count). The highest BCUT2D eigenvalue weighted by molar-refractivity contribution is 5.99. The van der Waals surface area contributed by atoms with Crippen molar-refractivity contribution in [2.75, 3.05) is 0 Å². The Balaban J connectivity index is 2.88. The molecule has 1 aliphatic rings. The third-order valence-corrected chi connectivity index (χ3v) is 1.77. The van der Waals surface area contributed by atoms with Crippen LogP contribution in [0.25, 0.3) is 0 Å². The van der Waals surface area contributed by atoms with Gasteiger partial charge in [0.25, 0.3) is 0 Å². The Kier molecular flexibility index (Phi) is 2.28. The summed E-state index contributed by atoms with van der Waals surface area (Å²) in [6.07, 6.45) is 4.19. The highest BCUT2D eigenvalue weighted by atomic mass is 14.8. The summed E-state index contributed by atoms with van der Waals surface area (Å²) in [5.74, 6) is 0.545. The predicted octanol–water partition coefficient (Wildman–Crippen LogP) is 2.95. The summed E-state index contributed by atoms with van der Waals surface area (Å²) in [6, 6.07) is 0. The van der Waals surface area contributed by atoms with Crippen molar-refractivity contribution in [1.82, 2.24) is 0 Å². The number of allylic oxidation sites excluding steroid dienone is 3. The molecule has 0 spiro atoms. The van der Waals surface area contributed by atoms with Crippen molar-refractivity contribution in [2.45, 2.75) is 27.7 Å². The monoisotopic (exact) mass is 149 g/mol. The Hall–Kier alpha value is -0.850. The third kappa shape index (κ3) is 1.79. The van der Waals surface area contributed by atoms with E-state index in [0.717, 1.165) is 5.70 Å². The van der Waals surface area contributed by atoms with Gasteiger partial charge >= 0.3 is 0 Å². The standard InChI is InChI=1S/C10H15N/c1-7(2)9-5-6-10(11-9)8(3)4/h5-7H,1-4H3. The lowest BCUT2D eigenvalue weighted by Crippen LogP contribution is -2.00. The summed E-state index contributed by atoms with van der Waals surface area (Å²) in [5.41, 5.74) is 3.62. The van der Waals surface area contributed by atoms with Gasteiger partial charge in [-0.1, -0.05) is 19.4 Å². The van der Waals surface area contributed by atoms with E-state index in [0.29, 0.717) is 5.92 Å². The lowest BCUT2D eigenvalue weighted by atomic mass is 10.1. The van der Waals surface area contributed by atoms with E-state index in [1.165, 1.54) is 11.3 Å². The van der Waals surface area contributed by atoms with Crippen LogP contribution in [0.3, 0.4) is 0 Å². The molecule has 0 saturated heterocycles. The Morgan fingerprint density at radius 2 is 1.91 bits per heavy atom. The zero-order valence-corrected chi connectivity index (χ0v) is 7.68. The van der Waals surface area contributed by atoms with Crippen LogP contribution in [0.5, 0.6) is 0 Å². The van der Waals surface area contributed by atoms with E-state index in [1.807, 2.05) is 0 Å². The molecule has 0 saturated carbocycles. The van der Waals surface area contributed by atoms with Gasteiger partial charge in [0.05, 0.1) is 5.70 Å². The number of nitrogens with zero attached hydrogens (tertiary/aromatic N) is 1. The lowest BCUT2D eigenvalue weighted by molar-refractivity contribution is 0.890. The summed E-state index contributed by atoms with van der Waals surface area (Å²) in [4.78, 5) is 4.47. The fourth-order valence-electron chi connectivity index (χ4n) is 0.978. The Bertz CT molecular complexity index is 238. The molecule has 0 aromatic carbocycles. The van der Waals surface area contributed by atoms with Crippen molar-refractivity contribution in [3.05, 3.63) is 23.4 Å². The molecule has 1 heteroatoms. The van der Waals surface area contributed by atoms with Crippen LogP contribution in [0.2, 0.25) is 0 Å². The fraction of sp³-hybridized carbons (Fsp3) is 0.500. The van der Waals surface area contributed by atoms with E-state index in [9.17, 15) is 0 Å². The largest absolute Gasteiger partial charge is 0.253 e. The van der Waals surface area contributed by atoms with E-state index >= 15 is 0 Å². The molecule has 1 heterocycles. The van der Waals surface area contributed by atoms with Crippen molar-refractivity contribution in [1.29, 1.82) is 0 Å². The molecule has 0 radical (unpaired) electrons. The zero-order chi connectivity index (χ0) is 8.43. The fourth-order valence-corrected chi connectivity index (χ4v) is 0.978. The maximum absolute atomic E-state index is 4.47. The molecule has 11 heavy (non-hydrogen) atoms. The molecular weight excluding hydrogens is 134 g/mol. The number of hydrogen-bond donors (Lipinski definition) is 0. The van der Waals surface area contributed by atoms with Gasteiger partial charge in [-0.15, -0.1) is 0 Å². The minimum atomic E-state index is 0.545. The molecule has 0 atom stereocenters. The maximum Gasteiger partial charge on any atom is 0.0620 e. The second kappa shape index (κ2) is 3.04. The van der Waals surface area contributed by atoms with Gasteiger partial charge in [0.15, 0.2) is 0 Å². The second-order valence-electron chi connectivity index (χ2n) is 3.41. The van der Waals surface area contributed by atoms with E-state index in [-0.39, 0.29) is 0 Å². The first-order valence-corrected chi connectivity index (χ1v) is 4.05. The van der Waals surface area contributed by atoms with Gasteiger partial charge in [0, 0.05) is 5.71 Å². The Morgan fingerprint density at radius 1 is 1.27 bits per heavy atom. The Morgan fingerprint density at radius 3 is 2.18 bits per heavy atom. The zero-order valence-electron chi connectivity index (χ0n) is 7.68. The SMILES string of the molecule is CC(C)=C1C=CC(C(C)C)=N1. The topological polar surface area (TPSA) is 12.4 Å². The maximum atomic E-state index is 4.47. The molecular formula is C10H15N. The molecule has 1 aliphatic heterocycles. The van der Waals surface area contributed by atoms with Gasteiger partial charge in [-0.05, 0) is 31.9 Å². The van der Waals surface area contributed by atoms with Crippen molar-refractivity contribution < 1.29 is 0 Å². The van der Waals surface area contributed by atoms with Crippen LogP contribution in [0.15, 0.2) is 28.4 Å². The average Bonchev–Trinajstić information content (AvgIpc) is 2.33. The lowest BCUT2D eigenvalue weighted by Gasteiger charge is -1.99. The van der Waals surface area contributed by atoms with E-state index < -0.39 is 0 Å². The third-order valence-electron chi connectivity index (χ3n) is 1.77. The van der Waals surface area contributed by atoms with Gasteiger partial charge < -0.3 is 0 Å². The number of hydrogen-bond acceptors (Lipinski definition) is 1. The number of aliphatic imine (C=N–C) groups is 1. The van der Waals surface area contributed by atoms with Gasteiger partial charge in [0.1, 0.15) is 0 Å². The molecule has 0 aliphatic carbocycles. The van der Waals surface area contributed by atoms with Crippen LogP contribution in [0.1, 0.15) is 27.7 Å². The summed E-state index contributed by atoms with van der Waals surface area (Å²) in [5, 5.41) is 0. The van der Waals surface area contributed by atoms with Crippen molar-refractivity contribution in [3.8, 4) is 0 Å². The van der Waals surface area contributed by atoms with Crippen LogP contribution in [0.4, 0.5) is 0 Å². The smallest absolute Gasteiger partial charge is 0.0620 e. The molecule has 0 aromatic rings. The Labute approximate surface area is 68.5 Å². The van der Waals surface area contributed by atoms with Crippen molar-refractivity contribution in [3.63, 3.8) is 0 Å². The van der Waals surface area contributed by atoms with Gasteiger partial charge in [-0.25, -0.2) is 0 Å². The first kappa shape index (κ1) is 8.25. The molecule has 1 nitrogen and oxygen atoms in total. The molecule has 0 aromatic heterocycles. The van der Waals surface area contributed by atoms with Crippen LogP contribution in [0, 0.1) is 5.92 Å². The van der Waals surface area contributed by atoms with E-state index in [2.05, 4.69) is 44.8 Å². The highest BCUT2D eigenvalue weighted by Crippen LogP contribution is 2.16. The summed E-state index contributed by atoms with van der Waals surface area (Å²) in [7, 11) is 0. The quantitative estimate of drug-likeness (QED) is 0.543. The molecule has 0 N–H and O–H groups in total. The molecule has 0 unspecified atom stereocenters. The van der Waals surface area contributed by atoms with E-state index in [4.69, 9.17) is 0 Å². The first-order chi connectivity index (χ1) is 5.11.